The van der Waals surface area contributed by atoms with E-state index in [4.69, 9.17) is 0 Å². The molecular formula is C28H41N3O4. The summed E-state index contributed by atoms with van der Waals surface area (Å²) in [6, 6.07) is 8.60. The summed E-state index contributed by atoms with van der Waals surface area (Å²) in [5.41, 5.74) is 0.510. The molecule has 2 unspecified atom stereocenters. The largest absolute Gasteiger partial charge is 0.356 e. The van der Waals surface area contributed by atoms with Crippen molar-refractivity contribution in [1.82, 2.24) is 16.0 Å². The molecular weight excluding hydrogens is 442 g/mol. The molecule has 2 fully saturated rings. The van der Waals surface area contributed by atoms with Crippen molar-refractivity contribution < 1.29 is 19.2 Å². The fourth-order valence-corrected chi connectivity index (χ4v) is 5.59. The van der Waals surface area contributed by atoms with Crippen molar-refractivity contribution in [2.45, 2.75) is 96.1 Å². The molecule has 4 atom stereocenters. The minimum Gasteiger partial charge on any atom is -0.356 e. The number of benzene rings is 1. The van der Waals surface area contributed by atoms with Crippen molar-refractivity contribution in [3.63, 3.8) is 0 Å². The van der Waals surface area contributed by atoms with Crippen LogP contribution in [-0.2, 0) is 19.2 Å². The molecule has 2 heterocycles. The Bertz CT molecular complexity index is 872. The Morgan fingerprint density at radius 1 is 1.00 bits per heavy atom. The average Bonchev–Trinajstić information content (AvgIpc) is 3.18. The number of rotatable bonds is 4. The Morgan fingerprint density at radius 3 is 2.40 bits per heavy atom. The molecule has 192 valence electrons. The SMILES string of the molecule is CC(C)C[C@@H]1NC(=O)CC(c2ccccc2)CCCCCCC2(CCNC2=O)C[C@@H](C=O)NC1=O. The predicted octanol–water partition coefficient (Wildman–Crippen LogP) is 3.63. The number of aldehydes is 1. The van der Waals surface area contributed by atoms with E-state index in [2.05, 4.69) is 28.1 Å². The Kier molecular flexibility index (Phi) is 9.87. The van der Waals surface area contributed by atoms with E-state index in [0.717, 1.165) is 44.0 Å². The zero-order chi connectivity index (χ0) is 25.3. The van der Waals surface area contributed by atoms with Gasteiger partial charge in [0.15, 0.2) is 0 Å². The fourth-order valence-electron chi connectivity index (χ4n) is 5.59. The van der Waals surface area contributed by atoms with Crippen LogP contribution in [0.15, 0.2) is 30.3 Å². The zero-order valence-corrected chi connectivity index (χ0v) is 21.2. The van der Waals surface area contributed by atoms with Crippen molar-refractivity contribution in [2.24, 2.45) is 11.3 Å². The first-order chi connectivity index (χ1) is 16.8. The summed E-state index contributed by atoms with van der Waals surface area (Å²) in [4.78, 5) is 51.0. The molecule has 1 spiro atoms. The van der Waals surface area contributed by atoms with Gasteiger partial charge in [0, 0.05) is 13.0 Å². The highest BCUT2D eigenvalue weighted by Crippen LogP contribution is 2.38. The van der Waals surface area contributed by atoms with Crippen molar-refractivity contribution in [3.05, 3.63) is 35.9 Å². The molecule has 0 aliphatic carbocycles. The minimum absolute atomic E-state index is 0.0177. The quantitative estimate of drug-likeness (QED) is 0.569. The number of amides is 3. The third-order valence-electron chi connectivity index (χ3n) is 7.49. The molecule has 7 heteroatoms. The minimum atomic E-state index is -0.761. The molecule has 0 aromatic heterocycles. The second-order valence-electron chi connectivity index (χ2n) is 10.8. The molecule has 0 bridgehead atoms. The second kappa shape index (κ2) is 12.8. The lowest BCUT2D eigenvalue weighted by Crippen LogP contribution is -2.52. The van der Waals surface area contributed by atoms with E-state index in [9.17, 15) is 19.2 Å². The van der Waals surface area contributed by atoms with E-state index in [1.165, 1.54) is 0 Å². The second-order valence-corrected chi connectivity index (χ2v) is 10.8. The normalized spacial score (nSPS) is 29.5. The van der Waals surface area contributed by atoms with E-state index in [0.29, 0.717) is 38.6 Å². The molecule has 2 saturated heterocycles. The van der Waals surface area contributed by atoms with Gasteiger partial charge in [-0.25, -0.2) is 0 Å². The Labute approximate surface area is 209 Å². The Hall–Kier alpha value is -2.70. The van der Waals surface area contributed by atoms with Crippen molar-refractivity contribution in [3.8, 4) is 0 Å². The molecule has 2 aliphatic heterocycles. The summed E-state index contributed by atoms with van der Waals surface area (Å²) in [6.45, 7) is 4.60. The molecule has 1 aromatic carbocycles. The molecule has 7 nitrogen and oxygen atoms in total. The topological polar surface area (TPSA) is 104 Å². The van der Waals surface area contributed by atoms with Gasteiger partial charge in [-0.05, 0) is 49.5 Å². The lowest BCUT2D eigenvalue weighted by Gasteiger charge is -2.30. The number of nitrogens with one attached hydrogen (secondary N) is 3. The van der Waals surface area contributed by atoms with Crippen LogP contribution in [-0.4, -0.2) is 42.6 Å². The van der Waals surface area contributed by atoms with Gasteiger partial charge in [0.2, 0.25) is 17.7 Å². The third-order valence-corrected chi connectivity index (χ3v) is 7.49. The molecule has 1 aromatic rings. The molecule has 2 aliphatic rings. The van der Waals surface area contributed by atoms with E-state index >= 15 is 0 Å². The van der Waals surface area contributed by atoms with Crippen molar-refractivity contribution >= 4 is 24.0 Å². The summed E-state index contributed by atoms with van der Waals surface area (Å²) >= 11 is 0. The van der Waals surface area contributed by atoms with Crippen LogP contribution in [0.25, 0.3) is 0 Å². The van der Waals surface area contributed by atoms with E-state index < -0.39 is 17.5 Å². The van der Waals surface area contributed by atoms with Crippen LogP contribution < -0.4 is 16.0 Å². The molecule has 3 rings (SSSR count). The van der Waals surface area contributed by atoms with Gasteiger partial charge in [-0.2, -0.15) is 0 Å². The first-order valence-corrected chi connectivity index (χ1v) is 13.2. The molecule has 0 radical (unpaired) electrons. The van der Waals surface area contributed by atoms with Gasteiger partial charge in [-0.3, -0.25) is 14.4 Å². The van der Waals surface area contributed by atoms with Crippen molar-refractivity contribution in [1.29, 1.82) is 0 Å². The van der Waals surface area contributed by atoms with Crippen LogP contribution in [0.1, 0.15) is 89.5 Å². The number of hydrogen-bond acceptors (Lipinski definition) is 4. The summed E-state index contributed by atoms with van der Waals surface area (Å²) in [5, 5.41) is 8.71. The van der Waals surface area contributed by atoms with Crippen LogP contribution in [0.2, 0.25) is 0 Å². The standard InChI is InChI=1S/C28H41N3O4/c1-20(2)16-24-26(34)30-23(19-32)18-28(14-15-29-27(28)35)13-9-4-3-6-12-22(17-25(33)31-24)21-10-7-5-8-11-21/h5,7-8,10-11,19-20,22-24H,3-4,6,9,12-18H2,1-2H3,(H,29,35)(H,30,34)(H,31,33)/t22?,23-,24-,28?/m0/s1. The fraction of sp³-hybridized carbons (Fsp3) is 0.643. The maximum atomic E-state index is 13.2. The van der Waals surface area contributed by atoms with Gasteiger partial charge in [0.1, 0.15) is 12.3 Å². The number of carbonyl (C=O) groups excluding carboxylic acids is 4. The van der Waals surface area contributed by atoms with Gasteiger partial charge in [-0.1, -0.05) is 69.9 Å². The number of carbonyl (C=O) groups is 4. The Balaban J connectivity index is 1.83. The van der Waals surface area contributed by atoms with Crippen LogP contribution in [0, 0.1) is 11.3 Å². The summed E-state index contributed by atoms with van der Waals surface area (Å²) in [7, 11) is 0. The highest BCUT2D eigenvalue weighted by atomic mass is 16.2. The van der Waals surface area contributed by atoms with Gasteiger partial charge in [0.25, 0.3) is 0 Å². The van der Waals surface area contributed by atoms with Crippen LogP contribution in [0.4, 0.5) is 0 Å². The van der Waals surface area contributed by atoms with E-state index in [1.807, 2.05) is 32.0 Å². The third kappa shape index (κ3) is 7.64. The highest BCUT2D eigenvalue weighted by Gasteiger charge is 2.43. The zero-order valence-electron chi connectivity index (χ0n) is 21.2. The lowest BCUT2D eigenvalue weighted by molar-refractivity contribution is -0.132. The maximum absolute atomic E-state index is 13.2. The highest BCUT2D eigenvalue weighted by molar-refractivity contribution is 5.90. The van der Waals surface area contributed by atoms with Crippen LogP contribution >= 0.6 is 0 Å². The van der Waals surface area contributed by atoms with Crippen LogP contribution in [0.3, 0.4) is 0 Å². The maximum Gasteiger partial charge on any atom is 0.243 e. The summed E-state index contributed by atoms with van der Waals surface area (Å²) in [5.74, 6) is -0.261. The van der Waals surface area contributed by atoms with Crippen LogP contribution in [0.5, 0.6) is 0 Å². The smallest absolute Gasteiger partial charge is 0.243 e. The molecule has 3 amide bonds. The van der Waals surface area contributed by atoms with E-state index in [-0.39, 0.29) is 29.6 Å². The van der Waals surface area contributed by atoms with Crippen molar-refractivity contribution in [2.75, 3.05) is 6.54 Å². The first-order valence-electron chi connectivity index (χ1n) is 13.2. The monoisotopic (exact) mass is 483 g/mol. The molecule has 3 N–H and O–H groups in total. The number of hydrogen-bond donors (Lipinski definition) is 3. The Morgan fingerprint density at radius 2 is 1.74 bits per heavy atom. The van der Waals surface area contributed by atoms with Gasteiger partial charge in [0.05, 0.1) is 11.5 Å². The lowest BCUT2D eigenvalue weighted by atomic mass is 9.75. The van der Waals surface area contributed by atoms with E-state index in [1.54, 1.807) is 0 Å². The summed E-state index contributed by atoms with van der Waals surface area (Å²) < 4.78 is 0. The predicted molar refractivity (Wildman–Crippen MR) is 136 cm³/mol. The summed E-state index contributed by atoms with van der Waals surface area (Å²) in [6.07, 6.45) is 8.05. The van der Waals surface area contributed by atoms with Gasteiger partial charge in [-0.15, -0.1) is 0 Å². The van der Waals surface area contributed by atoms with Gasteiger partial charge < -0.3 is 20.7 Å². The molecule has 0 saturated carbocycles. The first kappa shape index (κ1) is 26.9. The van der Waals surface area contributed by atoms with Gasteiger partial charge >= 0.3 is 0 Å². The molecule has 35 heavy (non-hydrogen) atoms. The average molecular weight is 484 g/mol.